The van der Waals surface area contributed by atoms with E-state index in [0.717, 1.165) is 22.2 Å². The molecule has 0 N–H and O–H groups in total. The van der Waals surface area contributed by atoms with Crippen molar-refractivity contribution in [2.24, 2.45) is 0 Å². The number of amides is 2. The van der Waals surface area contributed by atoms with Gasteiger partial charge in [0.15, 0.2) is 11.5 Å². The van der Waals surface area contributed by atoms with Crippen LogP contribution in [0.1, 0.15) is 11.1 Å². The third kappa shape index (κ3) is 5.16. The van der Waals surface area contributed by atoms with E-state index in [1.807, 2.05) is 0 Å². The highest BCUT2D eigenvalue weighted by molar-refractivity contribution is 8.19. The molecule has 168 valence electrons. The van der Waals surface area contributed by atoms with Gasteiger partial charge in [0.25, 0.3) is 11.1 Å². The lowest BCUT2D eigenvalue weighted by Gasteiger charge is -2.13. The zero-order chi connectivity index (χ0) is 23.5. The largest absolute Gasteiger partial charge is 0.493 e. The van der Waals surface area contributed by atoms with Gasteiger partial charge >= 0.3 is 0 Å². The minimum atomic E-state index is -0.459. The minimum Gasteiger partial charge on any atom is -0.493 e. The first kappa shape index (κ1) is 23.2. The lowest BCUT2D eigenvalue weighted by molar-refractivity contribution is -0.113. The molecule has 1 heterocycles. The molecule has 33 heavy (non-hydrogen) atoms. The van der Waals surface area contributed by atoms with Crippen LogP contribution in [0.3, 0.4) is 0 Å². The Morgan fingerprint density at radius 3 is 2.42 bits per heavy atom. The molecule has 1 saturated heterocycles. The van der Waals surface area contributed by atoms with Crippen LogP contribution in [0, 0.1) is 5.82 Å². The van der Waals surface area contributed by atoms with Gasteiger partial charge in [-0.3, -0.25) is 9.59 Å². The fourth-order valence-corrected chi connectivity index (χ4v) is 4.23. The summed E-state index contributed by atoms with van der Waals surface area (Å²) in [4.78, 5) is 26.7. The lowest BCUT2D eigenvalue weighted by atomic mass is 10.1. The molecular formula is C24H16Cl2FNO4S. The predicted molar refractivity (Wildman–Crippen MR) is 129 cm³/mol. The number of ether oxygens (including phenoxy) is 2. The molecule has 0 spiro atoms. The maximum Gasteiger partial charge on any atom is 0.298 e. The Morgan fingerprint density at radius 1 is 0.970 bits per heavy atom. The van der Waals surface area contributed by atoms with Crippen molar-refractivity contribution >= 4 is 57.9 Å². The van der Waals surface area contributed by atoms with Gasteiger partial charge in [0.1, 0.15) is 12.4 Å². The number of carbonyl (C=O) groups is 2. The summed E-state index contributed by atoms with van der Waals surface area (Å²) in [5.41, 5.74) is 1.80. The van der Waals surface area contributed by atoms with Gasteiger partial charge in [0, 0.05) is 0 Å². The zero-order valence-electron chi connectivity index (χ0n) is 17.2. The van der Waals surface area contributed by atoms with Crippen molar-refractivity contribution in [1.82, 2.24) is 0 Å². The molecule has 1 aliphatic rings. The van der Waals surface area contributed by atoms with Crippen LogP contribution in [-0.2, 0) is 11.4 Å². The standard InChI is InChI=1S/C24H16Cl2FNO4S/c1-31-21-10-15(4-9-20(21)32-13-14-2-5-16(27)6-3-14)11-22-23(29)28(24(30)33-22)17-7-8-18(25)19(26)12-17/h2-12H,13H2,1H3/b22-11+. The van der Waals surface area contributed by atoms with Crippen molar-refractivity contribution in [1.29, 1.82) is 0 Å². The third-order valence-electron chi connectivity index (χ3n) is 4.75. The molecule has 0 atom stereocenters. The van der Waals surface area contributed by atoms with E-state index in [0.29, 0.717) is 27.8 Å². The summed E-state index contributed by atoms with van der Waals surface area (Å²) in [5, 5.41) is 0.144. The van der Waals surface area contributed by atoms with Crippen LogP contribution >= 0.6 is 35.0 Å². The Kier molecular flexibility index (Phi) is 6.93. The zero-order valence-corrected chi connectivity index (χ0v) is 19.5. The third-order valence-corrected chi connectivity index (χ3v) is 6.36. The van der Waals surface area contributed by atoms with Crippen LogP contribution in [0.4, 0.5) is 14.9 Å². The summed E-state index contributed by atoms with van der Waals surface area (Å²) in [7, 11) is 1.50. The molecule has 0 saturated carbocycles. The van der Waals surface area contributed by atoms with Gasteiger partial charge in [-0.1, -0.05) is 41.4 Å². The molecule has 0 bridgehead atoms. The first-order valence-corrected chi connectivity index (χ1v) is 11.2. The average Bonchev–Trinajstić information content (AvgIpc) is 3.08. The topological polar surface area (TPSA) is 55.8 Å². The molecule has 5 nitrogen and oxygen atoms in total. The summed E-state index contributed by atoms with van der Waals surface area (Å²) in [5.74, 6) is 0.167. The van der Waals surface area contributed by atoms with E-state index in [-0.39, 0.29) is 22.4 Å². The van der Waals surface area contributed by atoms with E-state index in [4.69, 9.17) is 32.7 Å². The molecule has 0 unspecified atom stereocenters. The van der Waals surface area contributed by atoms with Crippen LogP contribution in [0.15, 0.2) is 65.6 Å². The van der Waals surface area contributed by atoms with Gasteiger partial charge in [-0.25, -0.2) is 9.29 Å². The number of methoxy groups -OCH3 is 1. The average molecular weight is 504 g/mol. The summed E-state index contributed by atoms with van der Waals surface area (Å²) in [6, 6.07) is 15.7. The maximum absolute atomic E-state index is 13.1. The summed E-state index contributed by atoms with van der Waals surface area (Å²) in [6.45, 7) is 0.235. The number of carbonyl (C=O) groups excluding carboxylic acids is 2. The van der Waals surface area contributed by atoms with Gasteiger partial charge in [-0.05, 0) is 71.4 Å². The van der Waals surface area contributed by atoms with E-state index in [9.17, 15) is 14.0 Å². The highest BCUT2D eigenvalue weighted by atomic mass is 35.5. The second-order valence-electron chi connectivity index (χ2n) is 6.94. The number of thioether (sulfide) groups is 1. The quantitative estimate of drug-likeness (QED) is 0.340. The number of anilines is 1. The molecule has 0 aliphatic carbocycles. The fourth-order valence-electron chi connectivity index (χ4n) is 3.10. The fraction of sp³-hybridized carbons (Fsp3) is 0.0833. The number of rotatable bonds is 6. The Labute approximate surface area is 203 Å². The minimum absolute atomic E-state index is 0.235. The van der Waals surface area contributed by atoms with E-state index >= 15 is 0 Å². The molecular weight excluding hydrogens is 488 g/mol. The Morgan fingerprint density at radius 2 is 1.73 bits per heavy atom. The van der Waals surface area contributed by atoms with Gasteiger partial charge in [-0.2, -0.15) is 0 Å². The SMILES string of the molecule is COc1cc(/C=C2/SC(=O)N(c3ccc(Cl)c(Cl)c3)C2=O)ccc1OCc1ccc(F)cc1. The van der Waals surface area contributed by atoms with Crippen LogP contribution in [0.25, 0.3) is 6.08 Å². The molecule has 0 radical (unpaired) electrons. The van der Waals surface area contributed by atoms with Crippen molar-refractivity contribution in [2.75, 3.05) is 12.0 Å². The van der Waals surface area contributed by atoms with Crippen LogP contribution in [0.5, 0.6) is 11.5 Å². The lowest BCUT2D eigenvalue weighted by Crippen LogP contribution is -2.27. The molecule has 4 rings (SSSR count). The normalized spacial score (nSPS) is 14.8. The van der Waals surface area contributed by atoms with E-state index in [1.165, 1.54) is 31.4 Å². The number of imide groups is 1. The number of nitrogens with zero attached hydrogens (tertiary/aromatic N) is 1. The number of benzene rings is 3. The predicted octanol–water partition coefficient (Wildman–Crippen LogP) is 6.96. The van der Waals surface area contributed by atoms with Gasteiger partial charge < -0.3 is 9.47 Å². The first-order chi connectivity index (χ1) is 15.9. The van der Waals surface area contributed by atoms with Crippen LogP contribution in [0.2, 0.25) is 10.0 Å². The molecule has 9 heteroatoms. The Bertz CT molecular complexity index is 1260. The maximum atomic E-state index is 13.1. The summed E-state index contributed by atoms with van der Waals surface area (Å²) in [6.07, 6.45) is 1.61. The number of hydrogen-bond acceptors (Lipinski definition) is 5. The highest BCUT2D eigenvalue weighted by Gasteiger charge is 2.36. The van der Waals surface area contributed by atoms with Gasteiger partial charge in [0.05, 0.1) is 27.7 Å². The van der Waals surface area contributed by atoms with Gasteiger partial charge in [-0.15, -0.1) is 0 Å². The smallest absolute Gasteiger partial charge is 0.298 e. The van der Waals surface area contributed by atoms with Crippen molar-refractivity contribution in [2.45, 2.75) is 6.61 Å². The monoisotopic (exact) mass is 503 g/mol. The summed E-state index contributed by atoms with van der Waals surface area (Å²) < 4.78 is 24.3. The molecule has 3 aromatic rings. The Balaban J connectivity index is 1.53. The van der Waals surface area contributed by atoms with Gasteiger partial charge in [0.2, 0.25) is 0 Å². The van der Waals surface area contributed by atoms with Crippen molar-refractivity contribution in [3.8, 4) is 11.5 Å². The van der Waals surface area contributed by atoms with Crippen LogP contribution < -0.4 is 14.4 Å². The first-order valence-electron chi connectivity index (χ1n) is 9.64. The van der Waals surface area contributed by atoms with E-state index in [1.54, 1.807) is 42.5 Å². The second-order valence-corrected chi connectivity index (χ2v) is 8.75. The van der Waals surface area contributed by atoms with Crippen molar-refractivity contribution in [3.05, 3.63) is 92.6 Å². The van der Waals surface area contributed by atoms with E-state index < -0.39 is 11.1 Å². The number of halogens is 3. The number of hydrogen-bond donors (Lipinski definition) is 0. The van der Waals surface area contributed by atoms with E-state index in [2.05, 4.69) is 0 Å². The molecule has 0 aromatic heterocycles. The Hall–Kier alpha value is -3.00. The highest BCUT2D eigenvalue weighted by Crippen LogP contribution is 2.38. The molecule has 2 amide bonds. The summed E-state index contributed by atoms with van der Waals surface area (Å²) >= 11 is 12.8. The van der Waals surface area contributed by atoms with Crippen molar-refractivity contribution < 1.29 is 23.5 Å². The van der Waals surface area contributed by atoms with Crippen molar-refractivity contribution in [3.63, 3.8) is 0 Å². The molecule has 1 aliphatic heterocycles. The molecule has 3 aromatic carbocycles. The molecule has 1 fully saturated rings. The second kappa shape index (κ2) is 9.87. The van der Waals surface area contributed by atoms with Crippen LogP contribution in [-0.4, -0.2) is 18.3 Å².